The minimum atomic E-state index is -0.733. The van der Waals surface area contributed by atoms with Gasteiger partial charge in [-0.2, -0.15) is 0 Å². The van der Waals surface area contributed by atoms with Crippen molar-refractivity contribution in [1.29, 1.82) is 0 Å². The third-order valence-corrected chi connectivity index (χ3v) is 5.41. The Bertz CT molecular complexity index is 1050. The van der Waals surface area contributed by atoms with Gasteiger partial charge >= 0.3 is 5.97 Å². The first-order valence-electron chi connectivity index (χ1n) is 11.4. The number of benzene rings is 2. The standard InChI is InChI=1S/C25H31N5O3/c26-22-14-12-20(19-9-5-4-6-10-19)17-23(22)27-24(31)15-13-21-18-30(29-28-21)16-8-3-1-2-7-11-25(32)33/h4-6,9-10,12,14,17-18H,1-3,7-8,11,13,15-16,26H2,(H,27,31)(H,32,33). The molecule has 33 heavy (non-hydrogen) atoms. The van der Waals surface area contributed by atoms with Gasteiger partial charge in [0.2, 0.25) is 5.91 Å². The van der Waals surface area contributed by atoms with Crippen molar-refractivity contribution >= 4 is 23.3 Å². The second-order valence-corrected chi connectivity index (χ2v) is 8.10. The highest BCUT2D eigenvalue weighted by Crippen LogP contribution is 2.27. The first-order chi connectivity index (χ1) is 16.0. The van der Waals surface area contributed by atoms with Crippen molar-refractivity contribution in [1.82, 2.24) is 15.0 Å². The van der Waals surface area contributed by atoms with Crippen LogP contribution in [0.1, 0.15) is 50.6 Å². The van der Waals surface area contributed by atoms with E-state index >= 15 is 0 Å². The molecule has 8 nitrogen and oxygen atoms in total. The molecule has 1 aromatic heterocycles. The smallest absolute Gasteiger partial charge is 0.303 e. The van der Waals surface area contributed by atoms with Crippen LogP contribution in [0.15, 0.2) is 54.7 Å². The van der Waals surface area contributed by atoms with Crippen molar-refractivity contribution in [3.8, 4) is 11.1 Å². The average Bonchev–Trinajstić information content (AvgIpc) is 3.27. The lowest BCUT2D eigenvalue weighted by Crippen LogP contribution is -2.13. The Morgan fingerprint density at radius 1 is 0.939 bits per heavy atom. The maximum atomic E-state index is 12.5. The van der Waals surface area contributed by atoms with Crippen molar-refractivity contribution < 1.29 is 14.7 Å². The van der Waals surface area contributed by atoms with Gasteiger partial charge in [-0.1, -0.05) is 60.9 Å². The summed E-state index contributed by atoms with van der Waals surface area (Å²) in [5, 5.41) is 19.8. The van der Waals surface area contributed by atoms with Gasteiger partial charge in [0.1, 0.15) is 0 Å². The molecule has 3 aromatic rings. The summed E-state index contributed by atoms with van der Waals surface area (Å²) in [5.74, 6) is -0.856. The van der Waals surface area contributed by atoms with E-state index in [4.69, 9.17) is 10.8 Å². The number of hydrogen-bond donors (Lipinski definition) is 3. The number of aromatic nitrogens is 3. The Hall–Kier alpha value is -3.68. The van der Waals surface area contributed by atoms with E-state index in [9.17, 15) is 9.59 Å². The van der Waals surface area contributed by atoms with Crippen molar-refractivity contribution in [2.75, 3.05) is 11.1 Å². The number of carboxylic acids is 1. The number of rotatable bonds is 13. The summed E-state index contributed by atoms with van der Waals surface area (Å²) >= 11 is 0. The van der Waals surface area contributed by atoms with Gasteiger partial charge in [-0.25, -0.2) is 0 Å². The third-order valence-electron chi connectivity index (χ3n) is 5.41. The summed E-state index contributed by atoms with van der Waals surface area (Å²) in [6, 6.07) is 15.6. The minimum Gasteiger partial charge on any atom is -0.481 e. The molecule has 3 rings (SSSR count). The SMILES string of the molecule is Nc1ccc(-c2ccccc2)cc1NC(=O)CCc1cn(CCCCCCCC(=O)O)nn1. The Morgan fingerprint density at radius 2 is 1.70 bits per heavy atom. The lowest BCUT2D eigenvalue weighted by Gasteiger charge is -2.10. The Kier molecular flexibility index (Phi) is 8.99. The predicted octanol–water partition coefficient (Wildman–Crippen LogP) is 4.52. The van der Waals surface area contributed by atoms with Crippen LogP contribution in [-0.2, 0) is 22.6 Å². The molecule has 0 unspecified atom stereocenters. The van der Waals surface area contributed by atoms with Crippen LogP contribution < -0.4 is 11.1 Å². The van der Waals surface area contributed by atoms with Gasteiger partial charge in [-0.15, -0.1) is 5.10 Å². The lowest BCUT2D eigenvalue weighted by molar-refractivity contribution is -0.137. The summed E-state index contributed by atoms with van der Waals surface area (Å²) in [7, 11) is 0. The average molecular weight is 450 g/mol. The number of aryl methyl sites for hydroxylation is 2. The van der Waals surface area contributed by atoms with E-state index in [1.807, 2.05) is 48.7 Å². The zero-order valence-electron chi connectivity index (χ0n) is 18.7. The zero-order chi connectivity index (χ0) is 23.5. The molecule has 0 atom stereocenters. The molecule has 0 aliphatic carbocycles. The number of amides is 1. The Labute approximate surface area is 193 Å². The molecule has 8 heteroatoms. The van der Waals surface area contributed by atoms with E-state index in [0.29, 0.717) is 17.8 Å². The molecule has 0 saturated carbocycles. The maximum absolute atomic E-state index is 12.5. The highest BCUT2D eigenvalue weighted by molar-refractivity contribution is 5.95. The molecule has 0 bridgehead atoms. The van der Waals surface area contributed by atoms with Gasteiger partial charge in [0.05, 0.1) is 17.1 Å². The number of hydrogen-bond acceptors (Lipinski definition) is 5. The summed E-state index contributed by atoms with van der Waals surface area (Å²) in [4.78, 5) is 23.0. The number of unbranched alkanes of at least 4 members (excludes halogenated alkanes) is 4. The number of carbonyl (C=O) groups is 2. The molecule has 0 aliphatic heterocycles. The molecule has 0 radical (unpaired) electrons. The van der Waals surface area contributed by atoms with E-state index in [-0.39, 0.29) is 18.7 Å². The van der Waals surface area contributed by atoms with Gasteiger partial charge in [-0.3, -0.25) is 14.3 Å². The van der Waals surface area contributed by atoms with E-state index in [2.05, 4.69) is 15.6 Å². The molecular weight excluding hydrogens is 418 g/mol. The number of nitrogen functional groups attached to an aromatic ring is 1. The van der Waals surface area contributed by atoms with Crippen LogP contribution in [0.3, 0.4) is 0 Å². The Balaban J connectivity index is 1.41. The van der Waals surface area contributed by atoms with Crippen LogP contribution in [0.5, 0.6) is 0 Å². The molecule has 1 amide bonds. The van der Waals surface area contributed by atoms with E-state index < -0.39 is 5.97 Å². The van der Waals surface area contributed by atoms with Gasteiger partial charge in [0.15, 0.2) is 0 Å². The quantitative estimate of drug-likeness (QED) is 0.260. The van der Waals surface area contributed by atoms with Gasteiger partial charge in [0.25, 0.3) is 0 Å². The number of nitrogens with one attached hydrogen (secondary N) is 1. The molecule has 0 fully saturated rings. The minimum absolute atomic E-state index is 0.122. The highest BCUT2D eigenvalue weighted by atomic mass is 16.4. The van der Waals surface area contributed by atoms with Gasteiger partial charge in [0, 0.05) is 32.0 Å². The van der Waals surface area contributed by atoms with Crippen LogP contribution in [0.2, 0.25) is 0 Å². The summed E-state index contributed by atoms with van der Waals surface area (Å²) in [6.45, 7) is 0.765. The topological polar surface area (TPSA) is 123 Å². The van der Waals surface area contributed by atoms with E-state index in [1.165, 1.54) is 0 Å². The molecule has 1 heterocycles. The van der Waals surface area contributed by atoms with Crippen LogP contribution in [0.4, 0.5) is 11.4 Å². The van der Waals surface area contributed by atoms with Crippen LogP contribution in [0, 0.1) is 0 Å². The van der Waals surface area contributed by atoms with Crippen molar-refractivity contribution in [2.24, 2.45) is 0 Å². The van der Waals surface area contributed by atoms with Crippen LogP contribution in [-0.4, -0.2) is 32.0 Å². The maximum Gasteiger partial charge on any atom is 0.303 e. The Morgan fingerprint density at radius 3 is 2.48 bits per heavy atom. The number of carbonyl (C=O) groups excluding carboxylic acids is 1. The highest BCUT2D eigenvalue weighted by Gasteiger charge is 2.09. The fourth-order valence-electron chi connectivity index (χ4n) is 3.57. The first-order valence-corrected chi connectivity index (χ1v) is 11.4. The third kappa shape index (κ3) is 8.07. The molecule has 0 aliphatic rings. The second-order valence-electron chi connectivity index (χ2n) is 8.10. The fraction of sp³-hybridized carbons (Fsp3) is 0.360. The molecule has 0 spiro atoms. The van der Waals surface area contributed by atoms with Crippen LogP contribution in [0.25, 0.3) is 11.1 Å². The van der Waals surface area contributed by atoms with Crippen molar-refractivity contribution in [3.05, 3.63) is 60.4 Å². The molecule has 4 N–H and O–H groups in total. The van der Waals surface area contributed by atoms with Gasteiger partial charge < -0.3 is 16.2 Å². The number of nitrogens with two attached hydrogens (primary N) is 1. The molecular formula is C25H31N5O3. The normalized spacial score (nSPS) is 10.8. The number of nitrogens with zero attached hydrogens (tertiary/aromatic N) is 3. The summed E-state index contributed by atoms with van der Waals surface area (Å²) in [6.07, 6.45) is 7.58. The van der Waals surface area contributed by atoms with E-state index in [0.717, 1.165) is 55.5 Å². The molecule has 174 valence electrons. The largest absolute Gasteiger partial charge is 0.481 e. The molecule has 0 saturated heterocycles. The fourth-order valence-corrected chi connectivity index (χ4v) is 3.57. The van der Waals surface area contributed by atoms with Crippen molar-refractivity contribution in [3.63, 3.8) is 0 Å². The zero-order valence-corrected chi connectivity index (χ0v) is 18.7. The molecule has 2 aromatic carbocycles. The number of anilines is 2. The first kappa shape index (κ1) is 24.0. The van der Waals surface area contributed by atoms with Crippen molar-refractivity contribution in [2.45, 2.75) is 57.9 Å². The van der Waals surface area contributed by atoms with E-state index in [1.54, 1.807) is 10.7 Å². The van der Waals surface area contributed by atoms with Gasteiger partial charge in [-0.05, 0) is 36.1 Å². The number of aliphatic carboxylic acids is 1. The number of carboxylic acid groups (broad SMARTS) is 1. The monoisotopic (exact) mass is 449 g/mol. The summed E-state index contributed by atoms with van der Waals surface area (Å²) < 4.78 is 1.80. The second kappa shape index (κ2) is 12.4. The summed E-state index contributed by atoms with van der Waals surface area (Å²) in [5.41, 5.74) is 10.0. The predicted molar refractivity (Wildman–Crippen MR) is 129 cm³/mol. The van der Waals surface area contributed by atoms with Crippen LogP contribution >= 0.6 is 0 Å². The lowest BCUT2D eigenvalue weighted by atomic mass is 10.0.